The third-order valence-electron chi connectivity index (χ3n) is 3.29. The second kappa shape index (κ2) is 5.80. The van der Waals surface area contributed by atoms with Gasteiger partial charge in [0.1, 0.15) is 11.6 Å². The van der Waals surface area contributed by atoms with Crippen LogP contribution < -0.4 is 5.56 Å². The van der Waals surface area contributed by atoms with E-state index < -0.39 is 0 Å². The monoisotopic (exact) mass is 326 g/mol. The normalized spacial score (nSPS) is 10.4. The summed E-state index contributed by atoms with van der Waals surface area (Å²) in [4.78, 5) is 17.1. The molecule has 0 unspecified atom stereocenters. The number of aromatic nitrogens is 1. The molecule has 2 aromatic heterocycles. The molecule has 0 radical (unpaired) electrons. The van der Waals surface area contributed by atoms with Gasteiger partial charge < -0.3 is 4.98 Å². The second-order valence-electron chi connectivity index (χ2n) is 4.83. The van der Waals surface area contributed by atoms with E-state index in [2.05, 4.69) is 4.98 Å². The van der Waals surface area contributed by atoms with E-state index in [-0.39, 0.29) is 11.1 Å². The van der Waals surface area contributed by atoms with Gasteiger partial charge in [0, 0.05) is 15.5 Å². The van der Waals surface area contributed by atoms with E-state index in [1.807, 2.05) is 37.3 Å². The summed E-state index contributed by atoms with van der Waals surface area (Å²) in [5, 5.41) is 9.86. The molecule has 0 aliphatic rings. The first-order valence-electron chi connectivity index (χ1n) is 6.58. The third-order valence-corrected chi connectivity index (χ3v) is 4.56. The Morgan fingerprint density at radius 3 is 2.68 bits per heavy atom. The third kappa shape index (κ3) is 2.69. The number of halogens is 1. The molecule has 3 nitrogen and oxygen atoms in total. The largest absolute Gasteiger partial charge is 0.320 e. The number of thiophene rings is 1. The smallest absolute Gasteiger partial charge is 0.266 e. The summed E-state index contributed by atoms with van der Waals surface area (Å²) < 4.78 is 0. The fraction of sp³-hybridized carbons (Fsp3) is 0.0588. The van der Waals surface area contributed by atoms with E-state index in [0.717, 1.165) is 15.3 Å². The predicted molar refractivity (Wildman–Crippen MR) is 90.3 cm³/mol. The van der Waals surface area contributed by atoms with E-state index in [0.29, 0.717) is 16.3 Å². The molecule has 0 aliphatic heterocycles. The number of hydrogen-bond acceptors (Lipinski definition) is 3. The van der Waals surface area contributed by atoms with Crippen LogP contribution in [0.3, 0.4) is 0 Å². The van der Waals surface area contributed by atoms with Gasteiger partial charge in [0.05, 0.1) is 10.6 Å². The summed E-state index contributed by atoms with van der Waals surface area (Å²) in [6.45, 7) is 2.01. The van der Waals surface area contributed by atoms with Crippen molar-refractivity contribution in [3.63, 3.8) is 0 Å². The molecule has 0 saturated carbocycles. The lowest BCUT2D eigenvalue weighted by atomic mass is 10.0. The van der Waals surface area contributed by atoms with Crippen molar-refractivity contribution in [2.45, 2.75) is 6.92 Å². The average molecular weight is 327 g/mol. The molecule has 3 rings (SSSR count). The zero-order valence-electron chi connectivity index (χ0n) is 11.7. The maximum absolute atomic E-state index is 12.2. The van der Waals surface area contributed by atoms with Gasteiger partial charge in [-0.2, -0.15) is 5.26 Å². The van der Waals surface area contributed by atoms with Crippen LogP contribution in [0.15, 0.2) is 47.3 Å². The van der Waals surface area contributed by atoms with Crippen LogP contribution in [0.4, 0.5) is 0 Å². The average Bonchev–Trinajstić information content (AvgIpc) is 2.93. The van der Waals surface area contributed by atoms with Gasteiger partial charge in [-0.05, 0) is 42.8 Å². The zero-order valence-corrected chi connectivity index (χ0v) is 13.3. The summed E-state index contributed by atoms with van der Waals surface area (Å²) in [5.41, 5.74) is 1.76. The molecule has 3 aromatic rings. The van der Waals surface area contributed by atoms with Crippen molar-refractivity contribution in [3.05, 3.63) is 68.3 Å². The molecule has 2 heterocycles. The summed E-state index contributed by atoms with van der Waals surface area (Å²) >= 11 is 7.61. The van der Waals surface area contributed by atoms with Gasteiger partial charge in [-0.1, -0.05) is 23.7 Å². The molecule has 22 heavy (non-hydrogen) atoms. The number of hydrogen-bond donors (Lipinski definition) is 1. The van der Waals surface area contributed by atoms with Gasteiger partial charge >= 0.3 is 0 Å². The molecule has 0 saturated heterocycles. The zero-order chi connectivity index (χ0) is 15.7. The molecule has 1 N–H and O–H groups in total. The molecule has 0 fully saturated rings. The maximum atomic E-state index is 12.2. The summed E-state index contributed by atoms with van der Waals surface area (Å²) in [6.07, 6.45) is 0. The molecule has 0 aliphatic carbocycles. The minimum absolute atomic E-state index is 0.0966. The highest BCUT2D eigenvalue weighted by molar-refractivity contribution is 7.15. The Bertz CT molecular complexity index is 950. The number of nitrogens with one attached hydrogen (secondary N) is 1. The van der Waals surface area contributed by atoms with Gasteiger partial charge in [-0.3, -0.25) is 4.79 Å². The number of nitrogens with zero attached hydrogens (tertiary/aromatic N) is 1. The summed E-state index contributed by atoms with van der Waals surface area (Å²) in [6, 6.07) is 14.9. The Balaban J connectivity index is 2.26. The van der Waals surface area contributed by atoms with Crippen LogP contribution >= 0.6 is 22.9 Å². The molecular formula is C17H11ClN2OS. The molecule has 5 heteroatoms. The van der Waals surface area contributed by atoms with Gasteiger partial charge in [0.2, 0.25) is 0 Å². The number of rotatable bonds is 2. The quantitative estimate of drug-likeness (QED) is 0.748. The van der Waals surface area contributed by atoms with E-state index in [9.17, 15) is 10.1 Å². The van der Waals surface area contributed by atoms with Gasteiger partial charge in [0.25, 0.3) is 5.56 Å². The van der Waals surface area contributed by atoms with E-state index in [4.69, 9.17) is 11.6 Å². The molecule has 0 atom stereocenters. The topological polar surface area (TPSA) is 56.6 Å². The molecule has 0 spiro atoms. The molecule has 108 valence electrons. The Labute approximate surface area is 136 Å². The van der Waals surface area contributed by atoms with Crippen molar-refractivity contribution >= 4 is 22.9 Å². The highest BCUT2D eigenvalue weighted by atomic mass is 35.5. The first-order valence-corrected chi connectivity index (χ1v) is 7.78. The Hall–Kier alpha value is -2.35. The Kier molecular flexibility index (Phi) is 3.84. The lowest BCUT2D eigenvalue weighted by Gasteiger charge is -2.07. The standard InChI is InChI=1S/C17H11ClN2OS/c1-10-5-6-16(22-10)15-8-13(14(9-19)17(21)20-15)11-3-2-4-12(18)7-11/h2-8H,1H3,(H,20,21). The Morgan fingerprint density at radius 1 is 1.23 bits per heavy atom. The SMILES string of the molecule is Cc1ccc(-c2cc(-c3cccc(Cl)c3)c(C#N)c(=O)[nH]2)s1. The van der Waals surface area contributed by atoms with Crippen LogP contribution in [0.2, 0.25) is 5.02 Å². The number of aromatic amines is 1. The number of pyridine rings is 1. The highest BCUT2D eigenvalue weighted by Gasteiger charge is 2.13. The van der Waals surface area contributed by atoms with Crippen LogP contribution in [0.25, 0.3) is 21.7 Å². The minimum Gasteiger partial charge on any atom is -0.320 e. The highest BCUT2D eigenvalue weighted by Crippen LogP contribution is 2.30. The van der Waals surface area contributed by atoms with Gasteiger partial charge in [-0.15, -0.1) is 11.3 Å². The minimum atomic E-state index is -0.388. The lowest BCUT2D eigenvalue weighted by Crippen LogP contribution is -2.12. The van der Waals surface area contributed by atoms with Crippen molar-refractivity contribution in [2.75, 3.05) is 0 Å². The molecule has 0 bridgehead atoms. The number of nitriles is 1. The van der Waals surface area contributed by atoms with Crippen LogP contribution in [0.5, 0.6) is 0 Å². The lowest BCUT2D eigenvalue weighted by molar-refractivity contribution is 1.23. The Morgan fingerprint density at radius 2 is 2.05 bits per heavy atom. The van der Waals surface area contributed by atoms with E-state index in [1.165, 1.54) is 0 Å². The summed E-state index contributed by atoms with van der Waals surface area (Å²) in [7, 11) is 0. The van der Waals surface area contributed by atoms with Crippen LogP contribution in [0.1, 0.15) is 10.4 Å². The van der Waals surface area contributed by atoms with E-state index >= 15 is 0 Å². The van der Waals surface area contributed by atoms with Crippen molar-refractivity contribution in [2.24, 2.45) is 0 Å². The predicted octanol–water partition coefficient (Wildman–Crippen LogP) is 4.60. The van der Waals surface area contributed by atoms with E-state index in [1.54, 1.807) is 29.5 Å². The maximum Gasteiger partial charge on any atom is 0.266 e. The van der Waals surface area contributed by atoms with Gasteiger partial charge in [-0.25, -0.2) is 0 Å². The summed E-state index contributed by atoms with van der Waals surface area (Å²) in [5.74, 6) is 0. The van der Waals surface area contributed by atoms with Crippen molar-refractivity contribution in [1.82, 2.24) is 4.98 Å². The van der Waals surface area contributed by atoms with Crippen molar-refractivity contribution in [1.29, 1.82) is 5.26 Å². The number of benzene rings is 1. The fourth-order valence-electron chi connectivity index (χ4n) is 2.27. The first-order chi connectivity index (χ1) is 10.6. The number of aryl methyl sites for hydroxylation is 1. The molecular weight excluding hydrogens is 316 g/mol. The van der Waals surface area contributed by atoms with Crippen LogP contribution in [-0.4, -0.2) is 4.98 Å². The number of H-pyrrole nitrogens is 1. The van der Waals surface area contributed by atoms with Crippen molar-refractivity contribution in [3.8, 4) is 27.8 Å². The van der Waals surface area contributed by atoms with Crippen LogP contribution in [0, 0.1) is 18.3 Å². The van der Waals surface area contributed by atoms with Crippen molar-refractivity contribution < 1.29 is 0 Å². The van der Waals surface area contributed by atoms with Crippen LogP contribution in [-0.2, 0) is 0 Å². The molecule has 1 aromatic carbocycles. The fourth-order valence-corrected chi connectivity index (χ4v) is 3.30. The molecule has 0 amide bonds. The second-order valence-corrected chi connectivity index (χ2v) is 6.56. The van der Waals surface area contributed by atoms with Gasteiger partial charge in [0.15, 0.2) is 0 Å². The first kappa shape index (κ1) is 14.6.